The number of ether oxygens (including phenoxy) is 1. The Bertz CT molecular complexity index is 348. The van der Waals surface area contributed by atoms with Crippen LogP contribution in [0.3, 0.4) is 0 Å². The lowest BCUT2D eigenvalue weighted by Crippen LogP contribution is -2.32. The Kier molecular flexibility index (Phi) is 2.09. The van der Waals surface area contributed by atoms with Gasteiger partial charge >= 0.3 is 0 Å². The van der Waals surface area contributed by atoms with Gasteiger partial charge < -0.3 is 10.1 Å². The molecule has 1 saturated heterocycles. The zero-order valence-electron chi connectivity index (χ0n) is 8.76. The average molecular weight is 209 g/mol. The first-order chi connectivity index (χ1) is 7.34. The minimum absolute atomic E-state index is 0.363. The summed E-state index contributed by atoms with van der Waals surface area (Å²) in [6.07, 6.45) is 4.02. The molecule has 1 aliphatic carbocycles. The number of nitrogens with one attached hydrogen (secondary N) is 1. The number of nitrogens with zero attached hydrogens (tertiary/aromatic N) is 4. The SMILES string of the molecule is Cn1nnnc1NC1CCOC1C1CC1. The predicted octanol–water partition coefficient (Wildman–Crippen LogP) is 0.189. The molecule has 15 heavy (non-hydrogen) atoms. The number of anilines is 1. The number of aromatic nitrogens is 4. The molecule has 3 rings (SSSR count). The van der Waals surface area contributed by atoms with Gasteiger partial charge in [0, 0.05) is 13.7 Å². The van der Waals surface area contributed by atoms with Crippen LogP contribution in [0.15, 0.2) is 0 Å². The van der Waals surface area contributed by atoms with E-state index in [1.165, 1.54) is 12.8 Å². The summed E-state index contributed by atoms with van der Waals surface area (Å²) < 4.78 is 7.39. The van der Waals surface area contributed by atoms with E-state index < -0.39 is 0 Å². The highest BCUT2D eigenvalue weighted by molar-refractivity contribution is 5.25. The first kappa shape index (κ1) is 9.08. The van der Waals surface area contributed by atoms with Crippen molar-refractivity contribution in [1.82, 2.24) is 20.2 Å². The molecule has 6 nitrogen and oxygen atoms in total. The molecule has 0 aromatic carbocycles. The predicted molar refractivity (Wildman–Crippen MR) is 53.3 cm³/mol. The van der Waals surface area contributed by atoms with Crippen LogP contribution in [0.2, 0.25) is 0 Å². The largest absolute Gasteiger partial charge is 0.376 e. The molecular weight excluding hydrogens is 194 g/mol. The molecule has 2 heterocycles. The van der Waals surface area contributed by atoms with Crippen LogP contribution in [-0.4, -0.2) is 39.0 Å². The second kappa shape index (κ2) is 3.44. The van der Waals surface area contributed by atoms with E-state index in [1.807, 2.05) is 7.05 Å². The van der Waals surface area contributed by atoms with Gasteiger partial charge in [-0.25, -0.2) is 4.68 Å². The van der Waals surface area contributed by atoms with Crippen LogP contribution in [0.4, 0.5) is 5.95 Å². The fourth-order valence-corrected chi connectivity index (χ4v) is 2.17. The van der Waals surface area contributed by atoms with Crippen molar-refractivity contribution in [3.05, 3.63) is 0 Å². The van der Waals surface area contributed by atoms with Crippen molar-refractivity contribution in [1.29, 1.82) is 0 Å². The van der Waals surface area contributed by atoms with E-state index in [1.54, 1.807) is 4.68 Å². The summed E-state index contributed by atoms with van der Waals surface area (Å²) in [5, 5.41) is 14.7. The Morgan fingerprint density at radius 1 is 1.40 bits per heavy atom. The average Bonchev–Trinajstić information content (AvgIpc) is 2.85. The molecule has 1 N–H and O–H groups in total. The highest BCUT2D eigenvalue weighted by Crippen LogP contribution is 2.39. The minimum atomic E-state index is 0.363. The van der Waals surface area contributed by atoms with Gasteiger partial charge in [0.25, 0.3) is 0 Å². The van der Waals surface area contributed by atoms with Crippen LogP contribution < -0.4 is 5.32 Å². The molecule has 0 bridgehead atoms. The molecule has 1 aromatic heterocycles. The lowest BCUT2D eigenvalue weighted by atomic mass is 10.1. The van der Waals surface area contributed by atoms with Crippen molar-refractivity contribution in [2.45, 2.75) is 31.4 Å². The highest BCUT2D eigenvalue weighted by Gasteiger charge is 2.40. The van der Waals surface area contributed by atoms with Crippen LogP contribution in [0.25, 0.3) is 0 Å². The second-order valence-electron chi connectivity index (χ2n) is 4.34. The molecule has 1 aromatic rings. The Labute approximate surface area is 88.0 Å². The quantitative estimate of drug-likeness (QED) is 0.769. The molecule has 1 saturated carbocycles. The van der Waals surface area contributed by atoms with E-state index in [-0.39, 0.29) is 0 Å². The minimum Gasteiger partial charge on any atom is -0.376 e. The van der Waals surface area contributed by atoms with E-state index >= 15 is 0 Å². The van der Waals surface area contributed by atoms with Gasteiger partial charge in [0.2, 0.25) is 5.95 Å². The maximum Gasteiger partial charge on any atom is 0.242 e. The maximum atomic E-state index is 5.74. The first-order valence-corrected chi connectivity index (χ1v) is 5.45. The smallest absolute Gasteiger partial charge is 0.242 e. The molecule has 0 spiro atoms. The number of rotatable bonds is 3. The topological polar surface area (TPSA) is 64.9 Å². The summed E-state index contributed by atoms with van der Waals surface area (Å²) in [5.41, 5.74) is 0. The van der Waals surface area contributed by atoms with Crippen LogP contribution in [0.1, 0.15) is 19.3 Å². The Morgan fingerprint density at radius 2 is 2.27 bits per heavy atom. The van der Waals surface area contributed by atoms with Gasteiger partial charge in [-0.2, -0.15) is 0 Å². The lowest BCUT2D eigenvalue weighted by molar-refractivity contribution is 0.0897. The van der Waals surface area contributed by atoms with Gasteiger partial charge in [0.05, 0.1) is 12.1 Å². The zero-order valence-corrected chi connectivity index (χ0v) is 8.76. The van der Waals surface area contributed by atoms with E-state index in [0.29, 0.717) is 12.1 Å². The molecule has 0 radical (unpaired) electrons. The molecule has 2 fully saturated rings. The number of tetrazole rings is 1. The third kappa shape index (κ3) is 1.69. The highest BCUT2D eigenvalue weighted by atomic mass is 16.5. The molecule has 0 amide bonds. The molecule has 1 aliphatic heterocycles. The van der Waals surface area contributed by atoms with Crippen molar-refractivity contribution >= 4 is 5.95 Å². The molecule has 2 aliphatic rings. The lowest BCUT2D eigenvalue weighted by Gasteiger charge is -2.18. The number of hydrogen-bond acceptors (Lipinski definition) is 5. The summed E-state index contributed by atoms with van der Waals surface area (Å²) in [5.74, 6) is 1.49. The first-order valence-electron chi connectivity index (χ1n) is 5.45. The van der Waals surface area contributed by atoms with E-state index in [2.05, 4.69) is 20.8 Å². The molecule has 6 heteroatoms. The molecular formula is C9H15N5O. The van der Waals surface area contributed by atoms with Gasteiger partial charge in [-0.15, -0.1) is 0 Å². The van der Waals surface area contributed by atoms with Crippen molar-refractivity contribution in [2.75, 3.05) is 11.9 Å². The van der Waals surface area contributed by atoms with Crippen LogP contribution in [-0.2, 0) is 11.8 Å². The van der Waals surface area contributed by atoms with Gasteiger partial charge in [-0.3, -0.25) is 0 Å². The van der Waals surface area contributed by atoms with Crippen molar-refractivity contribution in [3.8, 4) is 0 Å². The van der Waals surface area contributed by atoms with Gasteiger partial charge in [0.15, 0.2) is 0 Å². The standard InChI is InChI=1S/C9H15N5O/c1-14-9(11-12-13-14)10-7-4-5-15-8(7)6-2-3-6/h6-8H,2-5H2,1H3,(H,10,11,13). The third-order valence-corrected chi connectivity index (χ3v) is 3.16. The summed E-state index contributed by atoms with van der Waals surface area (Å²) in [6.45, 7) is 0.851. The fraction of sp³-hybridized carbons (Fsp3) is 0.889. The fourth-order valence-electron chi connectivity index (χ4n) is 2.17. The number of hydrogen-bond donors (Lipinski definition) is 1. The maximum absolute atomic E-state index is 5.74. The molecule has 82 valence electrons. The van der Waals surface area contributed by atoms with E-state index in [9.17, 15) is 0 Å². The Balaban J connectivity index is 1.69. The summed E-state index contributed by atoms with van der Waals surface area (Å²) in [4.78, 5) is 0. The normalized spacial score (nSPS) is 30.7. The summed E-state index contributed by atoms with van der Waals surface area (Å²) >= 11 is 0. The van der Waals surface area contributed by atoms with Crippen molar-refractivity contribution < 1.29 is 4.74 Å². The molecule has 2 unspecified atom stereocenters. The van der Waals surface area contributed by atoms with Crippen molar-refractivity contribution in [2.24, 2.45) is 13.0 Å². The third-order valence-electron chi connectivity index (χ3n) is 3.16. The van der Waals surface area contributed by atoms with Gasteiger partial charge in [-0.05, 0) is 35.6 Å². The monoisotopic (exact) mass is 209 g/mol. The van der Waals surface area contributed by atoms with E-state index in [0.717, 1.165) is 24.9 Å². The van der Waals surface area contributed by atoms with Crippen molar-refractivity contribution in [3.63, 3.8) is 0 Å². The second-order valence-corrected chi connectivity index (χ2v) is 4.34. The Morgan fingerprint density at radius 3 is 2.93 bits per heavy atom. The van der Waals surface area contributed by atoms with Gasteiger partial charge in [0.1, 0.15) is 0 Å². The van der Waals surface area contributed by atoms with Gasteiger partial charge in [-0.1, -0.05) is 5.10 Å². The molecule has 2 atom stereocenters. The van der Waals surface area contributed by atoms with Crippen LogP contribution >= 0.6 is 0 Å². The zero-order chi connectivity index (χ0) is 10.3. The summed E-state index contributed by atoms with van der Waals surface area (Å²) in [6, 6.07) is 0.377. The number of aryl methyl sites for hydroxylation is 1. The Hall–Kier alpha value is -1.17. The van der Waals surface area contributed by atoms with E-state index in [4.69, 9.17) is 4.74 Å². The summed E-state index contributed by atoms with van der Waals surface area (Å²) in [7, 11) is 1.84. The van der Waals surface area contributed by atoms with Crippen LogP contribution in [0.5, 0.6) is 0 Å². The van der Waals surface area contributed by atoms with Crippen LogP contribution in [0, 0.1) is 5.92 Å².